The molecule has 26 heavy (non-hydrogen) atoms. The molecule has 0 atom stereocenters. The SMILES string of the molecule is CC(C)(C)c1ccc(NC(=O)N2CC(c3nc4ccccc4[nH]3)C2)cc1. The van der Waals surface area contributed by atoms with Gasteiger partial charge in [0.05, 0.1) is 17.0 Å². The van der Waals surface area contributed by atoms with Gasteiger partial charge in [0.25, 0.3) is 0 Å². The number of urea groups is 1. The Kier molecular flexibility index (Phi) is 3.94. The highest BCUT2D eigenvalue weighted by Gasteiger charge is 2.33. The molecule has 4 rings (SSSR count). The number of hydrogen-bond acceptors (Lipinski definition) is 2. The predicted molar refractivity (Wildman–Crippen MR) is 105 cm³/mol. The lowest BCUT2D eigenvalue weighted by Gasteiger charge is -2.38. The number of anilines is 1. The summed E-state index contributed by atoms with van der Waals surface area (Å²) in [5.41, 5.74) is 4.22. The first-order valence-electron chi connectivity index (χ1n) is 9.01. The van der Waals surface area contributed by atoms with Gasteiger partial charge in [0.2, 0.25) is 0 Å². The molecule has 0 radical (unpaired) electrons. The monoisotopic (exact) mass is 348 g/mol. The first-order valence-corrected chi connectivity index (χ1v) is 9.01. The van der Waals surface area contributed by atoms with E-state index in [1.165, 1.54) is 5.56 Å². The molecule has 1 fully saturated rings. The number of carbonyl (C=O) groups is 1. The normalized spacial score (nSPS) is 15.1. The maximum Gasteiger partial charge on any atom is 0.321 e. The molecule has 0 aliphatic carbocycles. The molecule has 134 valence electrons. The molecule has 5 heteroatoms. The molecule has 0 spiro atoms. The van der Waals surface area contributed by atoms with E-state index in [9.17, 15) is 4.79 Å². The van der Waals surface area contributed by atoms with Crippen LogP contribution in [0.3, 0.4) is 0 Å². The number of amides is 2. The zero-order valence-electron chi connectivity index (χ0n) is 15.4. The molecule has 2 heterocycles. The van der Waals surface area contributed by atoms with Crippen LogP contribution in [0.2, 0.25) is 0 Å². The minimum Gasteiger partial charge on any atom is -0.342 e. The molecule has 2 aromatic carbocycles. The van der Waals surface area contributed by atoms with E-state index in [0.29, 0.717) is 13.1 Å². The molecule has 0 saturated carbocycles. The lowest BCUT2D eigenvalue weighted by molar-refractivity contribution is 0.161. The van der Waals surface area contributed by atoms with E-state index in [0.717, 1.165) is 22.5 Å². The van der Waals surface area contributed by atoms with Crippen molar-refractivity contribution in [2.75, 3.05) is 18.4 Å². The fourth-order valence-corrected chi connectivity index (χ4v) is 3.24. The molecule has 1 aliphatic rings. The summed E-state index contributed by atoms with van der Waals surface area (Å²) in [6, 6.07) is 16.0. The van der Waals surface area contributed by atoms with Crippen molar-refractivity contribution in [2.45, 2.75) is 32.1 Å². The van der Waals surface area contributed by atoms with Gasteiger partial charge in [-0.25, -0.2) is 9.78 Å². The maximum absolute atomic E-state index is 12.4. The summed E-state index contributed by atoms with van der Waals surface area (Å²) in [5.74, 6) is 1.24. The van der Waals surface area contributed by atoms with Gasteiger partial charge in [-0.05, 0) is 35.2 Å². The first-order chi connectivity index (χ1) is 12.4. The molecule has 1 aliphatic heterocycles. The number of para-hydroxylation sites is 2. The van der Waals surface area contributed by atoms with E-state index in [1.54, 1.807) is 0 Å². The Morgan fingerprint density at radius 1 is 1.12 bits per heavy atom. The third-order valence-corrected chi connectivity index (χ3v) is 4.97. The largest absolute Gasteiger partial charge is 0.342 e. The van der Waals surface area contributed by atoms with Gasteiger partial charge < -0.3 is 15.2 Å². The van der Waals surface area contributed by atoms with E-state index in [2.05, 4.69) is 48.2 Å². The van der Waals surface area contributed by atoms with Crippen LogP contribution in [0, 0.1) is 0 Å². The second-order valence-electron chi connectivity index (χ2n) is 8.00. The molecular formula is C21H24N4O. The summed E-state index contributed by atoms with van der Waals surface area (Å²) in [7, 11) is 0. The van der Waals surface area contributed by atoms with Crippen molar-refractivity contribution in [2.24, 2.45) is 0 Å². The topological polar surface area (TPSA) is 61.0 Å². The van der Waals surface area contributed by atoms with Gasteiger partial charge in [0.15, 0.2) is 0 Å². The molecule has 1 saturated heterocycles. The van der Waals surface area contributed by atoms with Gasteiger partial charge >= 0.3 is 6.03 Å². The molecular weight excluding hydrogens is 324 g/mol. The minimum absolute atomic E-state index is 0.0548. The smallest absolute Gasteiger partial charge is 0.321 e. The van der Waals surface area contributed by atoms with Crippen molar-refractivity contribution in [3.63, 3.8) is 0 Å². The van der Waals surface area contributed by atoms with E-state index < -0.39 is 0 Å². The number of rotatable bonds is 2. The minimum atomic E-state index is -0.0548. The van der Waals surface area contributed by atoms with Gasteiger partial charge in [-0.2, -0.15) is 0 Å². The Hall–Kier alpha value is -2.82. The molecule has 1 aromatic heterocycles. The van der Waals surface area contributed by atoms with Crippen LogP contribution in [0.1, 0.15) is 38.1 Å². The zero-order valence-corrected chi connectivity index (χ0v) is 15.4. The standard InChI is InChI=1S/C21H24N4O/c1-21(2,3)15-8-10-16(11-9-15)22-20(26)25-12-14(13-25)19-23-17-6-4-5-7-18(17)24-19/h4-11,14H,12-13H2,1-3H3,(H,22,26)(H,23,24). The van der Waals surface area contributed by atoms with Crippen molar-refractivity contribution >= 4 is 22.8 Å². The molecule has 0 bridgehead atoms. The summed E-state index contributed by atoms with van der Waals surface area (Å²) < 4.78 is 0. The molecule has 0 unspecified atom stereocenters. The third kappa shape index (κ3) is 3.17. The van der Waals surface area contributed by atoms with E-state index in [4.69, 9.17) is 0 Å². The maximum atomic E-state index is 12.4. The number of carbonyl (C=O) groups excluding carboxylic acids is 1. The van der Waals surface area contributed by atoms with Crippen molar-refractivity contribution in [3.8, 4) is 0 Å². The number of nitrogens with one attached hydrogen (secondary N) is 2. The van der Waals surface area contributed by atoms with E-state index in [1.807, 2.05) is 41.3 Å². The number of aromatic nitrogens is 2. The van der Waals surface area contributed by atoms with Gasteiger partial charge in [-0.15, -0.1) is 0 Å². The average molecular weight is 348 g/mol. The van der Waals surface area contributed by atoms with Crippen LogP contribution in [0.15, 0.2) is 48.5 Å². The Balaban J connectivity index is 1.36. The summed E-state index contributed by atoms with van der Waals surface area (Å²) in [4.78, 5) is 22.2. The number of hydrogen-bond donors (Lipinski definition) is 2. The van der Waals surface area contributed by atoms with Gasteiger partial charge in [-0.3, -0.25) is 0 Å². The summed E-state index contributed by atoms with van der Waals surface area (Å²) in [5, 5.41) is 2.98. The van der Waals surface area contributed by atoms with Crippen LogP contribution >= 0.6 is 0 Å². The fourth-order valence-electron chi connectivity index (χ4n) is 3.24. The highest BCUT2D eigenvalue weighted by atomic mass is 16.2. The summed E-state index contributed by atoms with van der Waals surface area (Å²) >= 11 is 0. The van der Waals surface area contributed by atoms with Crippen LogP contribution < -0.4 is 5.32 Å². The lowest BCUT2D eigenvalue weighted by atomic mass is 9.87. The number of fused-ring (bicyclic) bond motifs is 1. The van der Waals surface area contributed by atoms with Crippen LogP contribution in [-0.4, -0.2) is 34.0 Å². The number of likely N-dealkylation sites (tertiary alicyclic amines) is 1. The Labute approximate surface area is 153 Å². The number of nitrogens with zero attached hydrogens (tertiary/aromatic N) is 2. The Bertz CT molecular complexity index is 898. The second kappa shape index (κ2) is 6.16. The molecule has 3 aromatic rings. The number of aromatic amines is 1. The number of benzene rings is 2. The number of imidazole rings is 1. The van der Waals surface area contributed by atoms with Gasteiger partial charge in [-0.1, -0.05) is 45.0 Å². The van der Waals surface area contributed by atoms with Crippen LogP contribution in [0.4, 0.5) is 10.5 Å². The highest BCUT2D eigenvalue weighted by molar-refractivity contribution is 5.90. The van der Waals surface area contributed by atoms with E-state index in [-0.39, 0.29) is 17.4 Å². The van der Waals surface area contributed by atoms with Gasteiger partial charge in [0, 0.05) is 18.8 Å². The predicted octanol–water partition coefficient (Wildman–Crippen LogP) is 4.49. The third-order valence-electron chi connectivity index (χ3n) is 4.97. The van der Waals surface area contributed by atoms with Gasteiger partial charge in [0.1, 0.15) is 5.82 Å². The highest BCUT2D eigenvalue weighted by Crippen LogP contribution is 2.28. The summed E-state index contributed by atoms with van der Waals surface area (Å²) in [6.07, 6.45) is 0. The Morgan fingerprint density at radius 2 is 1.81 bits per heavy atom. The quantitative estimate of drug-likeness (QED) is 0.717. The van der Waals surface area contributed by atoms with Crippen molar-refractivity contribution in [1.29, 1.82) is 0 Å². The summed E-state index contributed by atoms with van der Waals surface area (Å²) in [6.45, 7) is 7.91. The lowest BCUT2D eigenvalue weighted by Crippen LogP contribution is -2.50. The van der Waals surface area contributed by atoms with Crippen molar-refractivity contribution in [1.82, 2.24) is 14.9 Å². The molecule has 5 nitrogen and oxygen atoms in total. The second-order valence-corrected chi connectivity index (χ2v) is 8.00. The fraction of sp³-hybridized carbons (Fsp3) is 0.333. The molecule has 2 amide bonds. The number of H-pyrrole nitrogens is 1. The first kappa shape index (κ1) is 16.6. The van der Waals surface area contributed by atoms with E-state index >= 15 is 0 Å². The van der Waals surface area contributed by atoms with Crippen molar-refractivity contribution in [3.05, 3.63) is 59.9 Å². The van der Waals surface area contributed by atoms with Crippen LogP contribution in [0.5, 0.6) is 0 Å². The Morgan fingerprint density at radius 3 is 2.46 bits per heavy atom. The van der Waals surface area contributed by atoms with Crippen molar-refractivity contribution < 1.29 is 4.79 Å². The molecule has 2 N–H and O–H groups in total. The zero-order chi connectivity index (χ0) is 18.3. The van der Waals surface area contributed by atoms with Crippen LogP contribution in [-0.2, 0) is 5.41 Å². The van der Waals surface area contributed by atoms with Crippen LogP contribution in [0.25, 0.3) is 11.0 Å². The average Bonchev–Trinajstić information content (AvgIpc) is 2.96.